The van der Waals surface area contributed by atoms with Crippen molar-refractivity contribution in [3.63, 3.8) is 0 Å². The normalized spacial score (nSPS) is 16.2. The van der Waals surface area contributed by atoms with Crippen LogP contribution < -0.4 is 0 Å². The van der Waals surface area contributed by atoms with Crippen molar-refractivity contribution in [1.82, 2.24) is 0 Å². The lowest BCUT2D eigenvalue weighted by molar-refractivity contribution is -1.11. The van der Waals surface area contributed by atoms with Crippen molar-refractivity contribution in [2.75, 3.05) is 13.2 Å². The van der Waals surface area contributed by atoms with Gasteiger partial charge in [-0.2, -0.15) is 19.3 Å². The van der Waals surface area contributed by atoms with Crippen LogP contribution >= 0.6 is 0 Å². The molecule has 2 amide bonds. The Balaban J connectivity index is 1.04. The fourth-order valence-corrected chi connectivity index (χ4v) is 6.31. The first-order valence-corrected chi connectivity index (χ1v) is 14.0. The predicted molar refractivity (Wildman–Crippen MR) is 152 cm³/mol. The van der Waals surface area contributed by atoms with E-state index in [0.29, 0.717) is 0 Å². The van der Waals surface area contributed by atoms with E-state index >= 15 is 0 Å². The fourth-order valence-electron chi connectivity index (χ4n) is 6.31. The number of imide groups is 1. The maximum atomic E-state index is 12.9. The Bertz CT molecular complexity index is 1570. The molecule has 2 aliphatic carbocycles. The molecule has 1 heterocycles. The molecule has 7 rings (SSSR count). The SMILES string of the molecule is O=C(OCC1c2ccccc2-c2ccccc21)O[N+]1(OC(=O)OCC2c3ccccc3-c3ccccc32)C(=O)CCC1=O. The van der Waals surface area contributed by atoms with Crippen LogP contribution in [-0.2, 0) is 28.7 Å². The summed E-state index contributed by atoms with van der Waals surface area (Å²) in [7, 11) is 0. The minimum Gasteiger partial charge on any atom is -0.430 e. The Kier molecular flexibility index (Phi) is 6.51. The summed E-state index contributed by atoms with van der Waals surface area (Å²) in [5.74, 6) is -2.37. The molecule has 0 radical (unpaired) electrons. The second-order valence-electron chi connectivity index (χ2n) is 10.6. The van der Waals surface area contributed by atoms with Crippen LogP contribution in [0.3, 0.4) is 0 Å². The van der Waals surface area contributed by atoms with Crippen molar-refractivity contribution >= 4 is 24.1 Å². The number of carbonyl (C=O) groups is 4. The van der Waals surface area contributed by atoms with E-state index in [9.17, 15) is 19.2 Å². The van der Waals surface area contributed by atoms with Gasteiger partial charge in [-0.05, 0) is 44.5 Å². The maximum Gasteiger partial charge on any atom is 0.565 e. The summed E-state index contributed by atoms with van der Waals surface area (Å²) in [6, 6.07) is 31.2. The van der Waals surface area contributed by atoms with E-state index in [1.165, 1.54) is 0 Å². The first-order valence-electron chi connectivity index (χ1n) is 14.0. The summed E-state index contributed by atoms with van der Waals surface area (Å²) in [6.45, 7) is -0.222. The number of fused-ring (bicyclic) bond motifs is 6. The van der Waals surface area contributed by atoms with Crippen LogP contribution in [0.5, 0.6) is 0 Å². The zero-order valence-corrected chi connectivity index (χ0v) is 22.9. The average Bonchev–Trinajstić information content (AvgIpc) is 3.62. The first-order chi connectivity index (χ1) is 21.0. The Morgan fingerprint density at radius 1 is 0.535 bits per heavy atom. The third-order valence-corrected chi connectivity index (χ3v) is 8.28. The van der Waals surface area contributed by atoms with Gasteiger partial charge in [0.1, 0.15) is 13.2 Å². The molecule has 1 saturated heterocycles. The van der Waals surface area contributed by atoms with E-state index in [-0.39, 0.29) is 37.9 Å². The van der Waals surface area contributed by atoms with Gasteiger partial charge in [0.25, 0.3) is 0 Å². The van der Waals surface area contributed by atoms with Gasteiger partial charge in [-0.15, -0.1) is 0 Å². The molecule has 9 heteroatoms. The van der Waals surface area contributed by atoms with Crippen LogP contribution in [-0.4, -0.2) is 42.1 Å². The van der Waals surface area contributed by atoms with Crippen molar-refractivity contribution < 1.29 is 43.1 Å². The summed E-state index contributed by atoms with van der Waals surface area (Å²) in [5, 5.41) is 0. The standard InChI is InChI=1S/C34H26NO8/c36-31-17-18-32(37)35(31,42-33(38)40-19-29-25-13-5-1-9-21(25)22-10-2-6-14-26(22)29)43-34(39)41-20-30-27-15-7-3-11-23(27)24-12-4-8-16-28(24)30/h1-16,29-30H,17-20H2/q+1. The van der Waals surface area contributed by atoms with Crippen molar-refractivity contribution in [1.29, 1.82) is 0 Å². The van der Waals surface area contributed by atoms with Crippen LogP contribution in [0.4, 0.5) is 9.59 Å². The molecule has 0 unspecified atom stereocenters. The number of hydrogen-bond acceptors (Lipinski definition) is 8. The van der Waals surface area contributed by atoms with E-state index in [2.05, 4.69) is 0 Å². The number of amides is 2. The van der Waals surface area contributed by atoms with Gasteiger partial charge in [0.2, 0.25) is 0 Å². The molecule has 9 nitrogen and oxygen atoms in total. The van der Waals surface area contributed by atoms with Crippen LogP contribution in [0.25, 0.3) is 22.3 Å². The topological polar surface area (TPSA) is 105 Å². The van der Waals surface area contributed by atoms with E-state index in [1.807, 2.05) is 97.1 Å². The highest BCUT2D eigenvalue weighted by Crippen LogP contribution is 2.46. The minimum atomic E-state index is -1.90. The predicted octanol–water partition coefficient (Wildman–Crippen LogP) is 6.41. The second kappa shape index (κ2) is 10.5. The number of quaternary nitrogens is 1. The Morgan fingerprint density at radius 2 is 0.837 bits per heavy atom. The molecule has 1 fully saturated rings. The van der Waals surface area contributed by atoms with Gasteiger partial charge in [-0.1, -0.05) is 97.1 Å². The van der Waals surface area contributed by atoms with Gasteiger partial charge in [-0.25, -0.2) is 9.59 Å². The molecule has 4 aromatic rings. The molecular formula is C34H26NO8+. The largest absolute Gasteiger partial charge is 0.565 e. The molecule has 1 aliphatic heterocycles. The molecule has 0 atom stereocenters. The van der Waals surface area contributed by atoms with Gasteiger partial charge < -0.3 is 9.47 Å². The first kappa shape index (κ1) is 26.6. The maximum absolute atomic E-state index is 12.9. The number of nitrogens with zero attached hydrogens (tertiary/aromatic N) is 1. The summed E-state index contributed by atoms with van der Waals surface area (Å²) in [4.78, 5) is 59.9. The van der Waals surface area contributed by atoms with Crippen LogP contribution in [0.15, 0.2) is 97.1 Å². The van der Waals surface area contributed by atoms with E-state index in [4.69, 9.17) is 19.1 Å². The van der Waals surface area contributed by atoms with Gasteiger partial charge in [0.15, 0.2) is 4.81 Å². The third-order valence-electron chi connectivity index (χ3n) is 8.28. The van der Waals surface area contributed by atoms with E-state index in [0.717, 1.165) is 44.5 Å². The summed E-state index contributed by atoms with van der Waals surface area (Å²) in [6.07, 6.45) is -3.19. The second-order valence-corrected chi connectivity index (χ2v) is 10.6. The van der Waals surface area contributed by atoms with Crippen molar-refractivity contribution in [2.24, 2.45) is 0 Å². The van der Waals surface area contributed by atoms with Gasteiger partial charge >= 0.3 is 24.1 Å². The van der Waals surface area contributed by atoms with E-state index < -0.39 is 28.9 Å². The highest BCUT2D eigenvalue weighted by Gasteiger charge is 2.62. The number of benzene rings is 4. The average molecular weight is 577 g/mol. The number of carbonyl (C=O) groups excluding carboxylic acids is 4. The highest BCUT2D eigenvalue weighted by atomic mass is 17.1. The summed E-state index contributed by atoms with van der Waals surface area (Å²) >= 11 is 0. The van der Waals surface area contributed by atoms with E-state index in [1.54, 1.807) is 0 Å². The van der Waals surface area contributed by atoms with Crippen molar-refractivity contribution in [2.45, 2.75) is 24.7 Å². The number of hydroxylamine groups is 4. The zero-order chi connectivity index (χ0) is 29.6. The molecular weight excluding hydrogens is 550 g/mol. The Morgan fingerprint density at radius 3 is 1.16 bits per heavy atom. The lowest BCUT2D eigenvalue weighted by atomic mass is 9.98. The monoisotopic (exact) mass is 576 g/mol. The smallest absolute Gasteiger partial charge is 0.430 e. The Hall–Kier alpha value is -5.28. The van der Waals surface area contributed by atoms with Crippen molar-refractivity contribution in [3.8, 4) is 22.3 Å². The van der Waals surface area contributed by atoms with Crippen LogP contribution in [0.1, 0.15) is 46.9 Å². The molecule has 0 N–H and O–H groups in total. The lowest BCUT2D eigenvalue weighted by Gasteiger charge is -2.21. The molecule has 0 saturated carbocycles. The fraction of sp³-hybridized carbons (Fsp3) is 0.176. The minimum absolute atomic E-state index is 0.111. The summed E-state index contributed by atoms with van der Waals surface area (Å²) in [5.41, 5.74) is 8.04. The molecule has 214 valence electrons. The third kappa shape index (κ3) is 4.45. The number of hydrogen-bond donors (Lipinski definition) is 0. The van der Waals surface area contributed by atoms with Crippen LogP contribution in [0.2, 0.25) is 0 Å². The molecule has 4 aromatic carbocycles. The van der Waals surface area contributed by atoms with Gasteiger partial charge in [0.05, 0.1) is 12.8 Å². The van der Waals surface area contributed by atoms with Crippen LogP contribution in [0, 0.1) is 0 Å². The zero-order valence-electron chi connectivity index (χ0n) is 22.9. The molecule has 0 bridgehead atoms. The van der Waals surface area contributed by atoms with Gasteiger partial charge in [-0.3, -0.25) is 0 Å². The summed E-state index contributed by atoms with van der Waals surface area (Å²) < 4.78 is 10.8. The number of rotatable bonds is 6. The molecule has 43 heavy (non-hydrogen) atoms. The highest BCUT2D eigenvalue weighted by molar-refractivity contribution is 5.91. The molecule has 0 aromatic heterocycles. The number of ether oxygens (including phenoxy) is 2. The molecule has 0 spiro atoms. The quantitative estimate of drug-likeness (QED) is 0.147. The Labute approximate surface area is 246 Å². The molecule has 3 aliphatic rings. The lowest BCUT2D eigenvalue weighted by Crippen LogP contribution is -2.54. The van der Waals surface area contributed by atoms with Crippen molar-refractivity contribution in [3.05, 3.63) is 119 Å². The van der Waals surface area contributed by atoms with Gasteiger partial charge in [0, 0.05) is 11.8 Å².